The number of halogens is 4. The first-order chi connectivity index (χ1) is 10.6. The standard InChI is InChI=1S/C14H22F4N2O2S/c1-5-13(3,14(16,17)18)10-9(21)7(15)8-11(22-10)23-12(19-6-2)20(8)4/h5,7-12,19,21H,1,6H2,2-4H3. The Hall–Kier alpha value is -0.350. The van der Waals surface area contributed by atoms with Crippen LogP contribution in [0.3, 0.4) is 0 Å². The predicted molar refractivity (Wildman–Crippen MR) is 80.5 cm³/mol. The van der Waals surface area contributed by atoms with Gasteiger partial charge in [-0.25, -0.2) is 4.39 Å². The van der Waals surface area contributed by atoms with Crippen LogP contribution >= 0.6 is 11.8 Å². The van der Waals surface area contributed by atoms with Gasteiger partial charge in [-0.05, 0) is 20.5 Å². The molecule has 2 aliphatic heterocycles. The molecule has 2 fully saturated rings. The monoisotopic (exact) mass is 358 g/mol. The van der Waals surface area contributed by atoms with Crippen LogP contribution in [0, 0.1) is 5.41 Å². The molecule has 2 N–H and O–H groups in total. The number of nitrogens with zero attached hydrogens (tertiary/aromatic N) is 1. The molecular formula is C14H22F4N2O2S. The van der Waals surface area contributed by atoms with Gasteiger partial charge in [-0.2, -0.15) is 13.2 Å². The van der Waals surface area contributed by atoms with Crippen molar-refractivity contribution in [3.05, 3.63) is 12.7 Å². The Morgan fingerprint density at radius 1 is 1.43 bits per heavy atom. The van der Waals surface area contributed by atoms with Gasteiger partial charge in [0.05, 0.1) is 6.04 Å². The summed E-state index contributed by atoms with van der Waals surface area (Å²) in [5.41, 5.74) is -3.61. The van der Waals surface area contributed by atoms with Crippen molar-refractivity contribution in [1.29, 1.82) is 0 Å². The molecule has 0 aliphatic carbocycles. The summed E-state index contributed by atoms with van der Waals surface area (Å²) in [6, 6.07) is -0.808. The second-order valence-corrected chi connectivity index (χ2v) is 7.23. The Morgan fingerprint density at radius 2 is 2.04 bits per heavy atom. The van der Waals surface area contributed by atoms with E-state index in [1.54, 1.807) is 11.9 Å². The molecule has 2 rings (SSSR count). The zero-order chi connectivity index (χ0) is 17.6. The van der Waals surface area contributed by atoms with Crippen LogP contribution in [0.2, 0.25) is 0 Å². The molecule has 0 bridgehead atoms. The van der Waals surface area contributed by atoms with Gasteiger partial charge in [-0.3, -0.25) is 10.2 Å². The lowest BCUT2D eigenvalue weighted by Gasteiger charge is -2.46. The molecule has 9 heteroatoms. The number of rotatable bonds is 4. The van der Waals surface area contributed by atoms with Crippen molar-refractivity contribution in [2.75, 3.05) is 13.6 Å². The van der Waals surface area contributed by atoms with Gasteiger partial charge in [0.2, 0.25) is 0 Å². The molecule has 2 heterocycles. The Balaban J connectivity index is 2.29. The smallest absolute Gasteiger partial charge is 0.387 e. The molecule has 0 aromatic carbocycles. The van der Waals surface area contributed by atoms with Gasteiger partial charge in [-0.15, -0.1) is 6.58 Å². The molecule has 0 spiro atoms. The third-order valence-corrected chi connectivity index (χ3v) is 6.05. The van der Waals surface area contributed by atoms with E-state index in [1.165, 1.54) is 11.8 Å². The lowest BCUT2D eigenvalue weighted by Crippen LogP contribution is -2.63. The van der Waals surface area contributed by atoms with Gasteiger partial charge in [0, 0.05) is 0 Å². The SMILES string of the molecule is C=CC(C)(C1OC2SC(NCC)N(C)C2C(F)C1O)C(F)(F)F. The first-order valence-electron chi connectivity index (χ1n) is 7.37. The summed E-state index contributed by atoms with van der Waals surface area (Å²) in [4.78, 5) is 1.65. The highest BCUT2D eigenvalue weighted by atomic mass is 32.2. The van der Waals surface area contributed by atoms with E-state index in [9.17, 15) is 22.7 Å². The molecule has 7 atom stereocenters. The highest BCUT2D eigenvalue weighted by Gasteiger charge is 2.63. The number of fused-ring (bicyclic) bond motifs is 1. The van der Waals surface area contributed by atoms with Crippen molar-refractivity contribution in [1.82, 2.24) is 10.2 Å². The maximum Gasteiger partial charge on any atom is 0.400 e. The van der Waals surface area contributed by atoms with Gasteiger partial charge in [0.15, 0.2) is 0 Å². The molecule has 0 aromatic heterocycles. The maximum absolute atomic E-state index is 14.7. The van der Waals surface area contributed by atoms with Gasteiger partial charge >= 0.3 is 6.18 Å². The molecule has 2 aliphatic rings. The number of aliphatic hydroxyl groups is 1. The van der Waals surface area contributed by atoms with Gasteiger partial charge < -0.3 is 9.84 Å². The predicted octanol–water partition coefficient (Wildman–Crippen LogP) is 2.11. The molecule has 0 amide bonds. The molecule has 4 nitrogen and oxygen atoms in total. The minimum atomic E-state index is -4.71. The van der Waals surface area contributed by atoms with Crippen molar-refractivity contribution in [3.8, 4) is 0 Å². The molecule has 0 radical (unpaired) electrons. The number of aliphatic hydroxyl groups excluding tert-OH is 1. The van der Waals surface area contributed by atoms with E-state index in [-0.39, 0.29) is 5.50 Å². The van der Waals surface area contributed by atoms with Crippen molar-refractivity contribution in [2.45, 2.75) is 55.4 Å². The quantitative estimate of drug-likeness (QED) is 0.595. The van der Waals surface area contributed by atoms with Crippen molar-refractivity contribution in [3.63, 3.8) is 0 Å². The minimum absolute atomic E-state index is 0.278. The van der Waals surface area contributed by atoms with E-state index in [4.69, 9.17) is 4.74 Å². The largest absolute Gasteiger partial charge is 0.400 e. The summed E-state index contributed by atoms with van der Waals surface area (Å²) in [5.74, 6) is 0. The Kier molecular flexibility index (Phi) is 5.37. The van der Waals surface area contributed by atoms with Gasteiger partial charge in [0.1, 0.15) is 34.7 Å². The highest BCUT2D eigenvalue weighted by molar-refractivity contribution is 8.00. The summed E-state index contributed by atoms with van der Waals surface area (Å²) in [7, 11) is 1.66. The summed E-state index contributed by atoms with van der Waals surface area (Å²) in [6.45, 7) is 6.58. The average molecular weight is 358 g/mol. The van der Waals surface area contributed by atoms with Crippen molar-refractivity contribution in [2.24, 2.45) is 5.41 Å². The number of ether oxygens (including phenoxy) is 1. The topological polar surface area (TPSA) is 44.7 Å². The highest BCUT2D eigenvalue weighted by Crippen LogP contribution is 2.50. The van der Waals surface area contributed by atoms with E-state index >= 15 is 0 Å². The first kappa shape index (κ1) is 19.0. The third-order valence-electron chi connectivity index (χ3n) is 4.63. The fraction of sp³-hybridized carbons (Fsp3) is 0.857. The van der Waals surface area contributed by atoms with E-state index in [0.29, 0.717) is 12.6 Å². The lowest BCUT2D eigenvalue weighted by molar-refractivity contribution is -0.273. The van der Waals surface area contributed by atoms with Crippen molar-refractivity contribution < 1.29 is 27.4 Å². The van der Waals surface area contributed by atoms with E-state index in [2.05, 4.69) is 11.9 Å². The van der Waals surface area contributed by atoms with E-state index in [0.717, 1.165) is 6.92 Å². The zero-order valence-corrected chi connectivity index (χ0v) is 14.0. The summed E-state index contributed by atoms with van der Waals surface area (Å²) < 4.78 is 60.4. The fourth-order valence-electron chi connectivity index (χ4n) is 2.99. The fourth-order valence-corrected chi connectivity index (χ4v) is 4.53. The Labute approximate surface area is 137 Å². The molecule has 23 heavy (non-hydrogen) atoms. The van der Waals surface area contributed by atoms with Crippen LogP contribution in [-0.2, 0) is 4.74 Å². The van der Waals surface area contributed by atoms with Gasteiger partial charge in [0.25, 0.3) is 0 Å². The number of alkyl halides is 4. The lowest BCUT2D eigenvalue weighted by atomic mass is 9.77. The van der Waals surface area contributed by atoms with Gasteiger partial charge in [-0.1, -0.05) is 24.8 Å². The molecule has 0 saturated carbocycles. The van der Waals surface area contributed by atoms with Crippen LogP contribution in [-0.4, -0.2) is 65.1 Å². The second-order valence-electron chi connectivity index (χ2n) is 6.05. The second kappa shape index (κ2) is 6.51. The summed E-state index contributed by atoms with van der Waals surface area (Å²) in [6.07, 6.45) is -9.49. The molecule has 2 saturated heterocycles. The van der Waals surface area contributed by atoms with Crippen LogP contribution in [0.4, 0.5) is 17.6 Å². The normalized spacial score (nSPS) is 41.4. The summed E-state index contributed by atoms with van der Waals surface area (Å²) in [5, 5.41) is 13.2. The third kappa shape index (κ3) is 3.02. The Morgan fingerprint density at radius 3 is 2.52 bits per heavy atom. The number of nitrogens with one attached hydrogen (secondary N) is 1. The number of hydrogen-bond donors (Lipinski definition) is 2. The zero-order valence-electron chi connectivity index (χ0n) is 13.2. The first-order valence-corrected chi connectivity index (χ1v) is 8.31. The maximum atomic E-state index is 14.7. The number of hydrogen-bond acceptors (Lipinski definition) is 5. The van der Waals surface area contributed by atoms with E-state index in [1.807, 2.05) is 6.92 Å². The number of likely N-dealkylation sites (N-methyl/N-ethyl adjacent to an activating group) is 1. The number of thioether (sulfide) groups is 1. The van der Waals surface area contributed by atoms with Crippen LogP contribution in [0.1, 0.15) is 13.8 Å². The molecule has 0 aromatic rings. The van der Waals surface area contributed by atoms with Crippen LogP contribution in [0.25, 0.3) is 0 Å². The molecule has 7 unspecified atom stereocenters. The molecular weight excluding hydrogens is 336 g/mol. The minimum Gasteiger partial charge on any atom is -0.387 e. The van der Waals surface area contributed by atoms with Crippen LogP contribution in [0.5, 0.6) is 0 Å². The van der Waals surface area contributed by atoms with Crippen LogP contribution in [0.15, 0.2) is 12.7 Å². The summed E-state index contributed by atoms with van der Waals surface area (Å²) >= 11 is 1.21. The molecule has 134 valence electrons. The van der Waals surface area contributed by atoms with E-state index < -0.39 is 41.4 Å². The van der Waals surface area contributed by atoms with Crippen LogP contribution < -0.4 is 5.32 Å². The van der Waals surface area contributed by atoms with Crippen molar-refractivity contribution >= 4 is 11.8 Å². The Bertz CT molecular complexity index is 453. The average Bonchev–Trinajstić information content (AvgIpc) is 2.78.